The molecule has 0 saturated carbocycles. The first-order chi connectivity index (χ1) is 17.5. The van der Waals surface area contributed by atoms with Crippen molar-refractivity contribution >= 4 is 17.6 Å². The Bertz CT molecular complexity index is 1120. The normalized spacial score (nSPS) is 16.3. The Morgan fingerprint density at radius 1 is 0.972 bits per heavy atom. The Kier molecular flexibility index (Phi) is 8.74. The van der Waals surface area contributed by atoms with Crippen molar-refractivity contribution in [2.24, 2.45) is 0 Å². The van der Waals surface area contributed by atoms with Gasteiger partial charge in [0.05, 0.1) is 11.6 Å². The van der Waals surface area contributed by atoms with Crippen LogP contribution in [-0.2, 0) is 4.74 Å². The van der Waals surface area contributed by atoms with Gasteiger partial charge in [-0.3, -0.25) is 9.69 Å². The molecule has 1 heterocycles. The van der Waals surface area contributed by atoms with Gasteiger partial charge in [-0.25, -0.2) is 4.79 Å². The monoisotopic (exact) mass is 485 g/mol. The van der Waals surface area contributed by atoms with Gasteiger partial charge in [-0.2, -0.15) is 0 Å². The van der Waals surface area contributed by atoms with Crippen LogP contribution in [0.25, 0.3) is 0 Å². The van der Waals surface area contributed by atoms with Gasteiger partial charge in [-0.1, -0.05) is 55.5 Å². The number of ether oxygens (including phenoxy) is 1. The number of esters is 1. The summed E-state index contributed by atoms with van der Waals surface area (Å²) in [4.78, 5) is 29.1. The molecular formula is C30H35N3O3. The summed E-state index contributed by atoms with van der Waals surface area (Å²) in [5.41, 5.74) is 3.42. The Morgan fingerprint density at radius 3 is 2.31 bits per heavy atom. The molecule has 4 rings (SSSR count). The lowest BCUT2D eigenvalue weighted by atomic mass is 10.1. The Labute approximate surface area is 213 Å². The van der Waals surface area contributed by atoms with Crippen molar-refractivity contribution < 1.29 is 14.3 Å². The van der Waals surface area contributed by atoms with E-state index in [2.05, 4.69) is 29.3 Å². The van der Waals surface area contributed by atoms with Gasteiger partial charge in [0.1, 0.15) is 6.10 Å². The van der Waals surface area contributed by atoms with Crippen LogP contribution in [0, 0.1) is 0 Å². The predicted molar refractivity (Wildman–Crippen MR) is 143 cm³/mol. The summed E-state index contributed by atoms with van der Waals surface area (Å²) in [6, 6.07) is 27.3. The van der Waals surface area contributed by atoms with Crippen LogP contribution < -0.4 is 5.32 Å². The van der Waals surface area contributed by atoms with E-state index in [9.17, 15) is 9.59 Å². The maximum Gasteiger partial charge on any atom is 0.338 e. The average molecular weight is 486 g/mol. The molecule has 6 nitrogen and oxygen atoms in total. The molecule has 1 fully saturated rings. The largest absolute Gasteiger partial charge is 0.457 e. The van der Waals surface area contributed by atoms with Crippen molar-refractivity contribution in [3.05, 3.63) is 102 Å². The van der Waals surface area contributed by atoms with E-state index in [4.69, 9.17) is 4.74 Å². The highest BCUT2D eigenvalue weighted by molar-refractivity contribution is 5.94. The number of hydrogen-bond donors (Lipinski definition) is 1. The van der Waals surface area contributed by atoms with E-state index < -0.39 is 0 Å². The molecular weight excluding hydrogens is 450 g/mol. The average Bonchev–Trinajstić information content (AvgIpc) is 3.36. The molecule has 1 aliphatic heterocycles. The molecule has 6 heteroatoms. The summed E-state index contributed by atoms with van der Waals surface area (Å²) in [5, 5.41) is 3.65. The van der Waals surface area contributed by atoms with E-state index in [1.807, 2.05) is 67.7 Å². The zero-order chi connectivity index (χ0) is 25.3. The van der Waals surface area contributed by atoms with Gasteiger partial charge in [-0.05, 0) is 54.8 Å². The summed E-state index contributed by atoms with van der Waals surface area (Å²) < 4.78 is 5.77. The van der Waals surface area contributed by atoms with Gasteiger partial charge in [0.2, 0.25) is 0 Å². The first-order valence-corrected chi connectivity index (χ1v) is 12.7. The summed E-state index contributed by atoms with van der Waals surface area (Å²) in [5.74, 6) is -0.226. The van der Waals surface area contributed by atoms with Gasteiger partial charge in [0, 0.05) is 44.5 Å². The fourth-order valence-electron chi connectivity index (χ4n) is 4.60. The minimum Gasteiger partial charge on any atom is -0.457 e. The summed E-state index contributed by atoms with van der Waals surface area (Å²) in [6.45, 7) is 5.17. The van der Waals surface area contributed by atoms with E-state index in [1.165, 1.54) is 5.56 Å². The van der Waals surface area contributed by atoms with Crippen molar-refractivity contribution in [1.82, 2.24) is 9.80 Å². The highest BCUT2D eigenvalue weighted by atomic mass is 16.5. The minimum atomic E-state index is -0.264. The standard InChI is InChI=1S/C30H35N3O3/c1-3-19-32(2)29(34)24-14-16-26(17-15-24)31-28(23-10-6-4-7-11-23)22-33-20-18-27(21-33)36-30(35)25-12-8-5-9-13-25/h4-17,27-28,31H,3,18-22H2,1-2H3/t27-,28+/m0/s1. The Hall–Kier alpha value is -3.64. The lowest BCUT2D eigenvalue weighted by Gasteiger charge is -2.26. The Balaban J connectivity index is 1.39. The second kappa shape index (κ2) is 12.4. The lowest BCUT2D eigenvalue weighted by Crippen LogP contribution is -2.31. The zero-order valence-electron chi connectivity index (χ0n) is 21.1. The maximum absolute atomic E-state index is 12.6. The van der Waals surface area contributed by atoms with Crippen LogP contribution in [0.4, 0.5) is 5.69 Å². The fraction of sp³-hybridized carbons (Fsp3) is 0.333. The molecule has 188 valence electrons. The number of likely N-dealkylation sites (tertiary alicyclic amines) is 1. The Morgan fingerprint density at radius 2 is 1.64 bits per heavy atom. The summed E-state index contributed by atoms with van der Waals surface area (Å²) in [7, 11) is 1.84. The third-order valence-corrected chi connectivity index (χ3v) is 6.53. The molecule has 0 unspecified atom stereocenters. The molecule has 1 aliphatic rings. The first kappa shape index (κ1) is 25.5. The van der Waals surface area contributed by atoms with Crippen LogP contribution >= 0.6 is 0 Å². The molecule has 0 aliphatic carbocycles. The third kappa shape index (κ3) is 6.73. The molecule has 1 N–H and O–H groups in total. The molecule has 1 amide bonds. The van der Waals surface area contributed by atoms with E-state index in [-0.39, 0.29) is 24.0 Å². The smallest absolute Gasteiger partial charge is 0.338 e. The molecule has 36 heavy (non-hydrogen) atoms. The SMILES string of the molecule is CCCN(C)C(=O)c1ccc(N[C@H](CN2CC[C@H](OC(=O)c3ccccc3)C2)c2ccccc2)cc1. The van der Waals surface area contributed by atoms with Crippen molar-refractivity contribution in [2.75, 3.05) is 38.5 Å². The molecule has 3 aromatic rings. The van der Waals surface area contributed by atoms with Crippen molar-refractivity contribution in [3.63, 3.8) is 0 Å². The first-order valence-electron chi connectivity index (χ1n) is 12.7. The molecule has 3 aromatic carbocycles. The maximum atomic E-state index is 12.6. The van der Waals surface area contributed by atoms with Gasteiger partial charge in [0.25, 0.3) is 5.91 Å². The van der Waals surface area contributed by atoms with Crippen LogP contribution in [-0.4, -0.2) is 61.0 Å². The zero-order valence-corrected chi connectivity index (χ0v) is 21.1. The van der Waals surface area contributed by atoms with Gasteiger partial charge in [-0.15, -0.1) is 0 Å². The number of amides is 1. The lowest BCUT2D eigenvalue weighted by molar-refractivity contribution is 0.0321. The van der Waals surface area contributed by atoms with Crippen LogP contribution in [0.15, 0.2) is 84.9 Å². The number of nitrogens with one attached hydrogen (secondary N) is 1. The van der Waals surface area contributed by atoms with Crippen molar-refractivity contribution in [3.8, 4) is 0 Å². The third-order valence-electron chi connectivity index (χ3n) is 6.53. The second-order valence-electron chi connectivity index (χ2n) is 9.35. The van der Waals surface area contributed by atoms with Crippen LogP contribution in [0.3, 0.4) is 0 Å². The highest BCUT2D eigenvalue weighted by Crippen LogP contribution is 2.24. The number of rotatable bonds is 10. The molecule has 0 spiro atoms. The molecule has 0 aromatic heterocycles. The summed E-state index contributed by atoms with van der Waals surface area (Å²) >= 11 is 0. The van der Waals surface area contributed by atoms with Crippen LogP contribution in [0.2, 0.25) is 0 Å². The van der Waals surface area contributed by atoms with E-state index in [1.54, 1.807) is 17.0 Å². The van der Waals surface area contributed by atoms with E-state index in [0.29, 0.717) is 17.7 Å². The van der Waals surface area contributed by atoms with Crippen molar-refractivity contribution in [2.45, 2.75) is 31.9 Å². The second-order valence-corrected chi connectivity index (χ2v) is 9.35. The quantitative estimate of drug-likeness (QED) is 0.397. The number of carbonyl (C=O) groups is 2. The van der Waals surface area contributed by atoms with E-state index in [0.717, 1.165) is 38.2 Å². The number of nitrogens with zero attached hydrogens (tertiary/aromatic N) is 2. The summed E-state index contributed by atoms with van der Waals surface area (Å²) in [6.07, 6.45) is 1.64. The number of carbonyl (C=O) groups excluding carboxylic acids is 2. The highest BCUT2D eigenvalue weighted by Gasteiger charge is 2.28. The molecule has 1 saturated heterocycles. The van der Waals surface area contributed by atoms with Crippen LogP contribution in [0.1, 0.15) is 52.1 Å². The minimum absolute atomic E-state index is 0.0381. The molecule has 2 atom stereocenters. The predicted octanol–water partition coefficient (Wildman–Crippen LogP) is 5.25. The number of benzene rings is 3. The van der Waals surface area contributed by atoms with Gasteiger partial charge < -0.3 is 15.0 Å². The molecule has 0 bridgehead atoms. The van der Waals surface area contributed by atoms with Gasteiger partial charge in [0.15, 0.2) is 0 Å². The van der Waals surface area contributed by atoms with Crippen LogP contribution in [0.5, 0.6) is 0 Å². The topological polar surface area (TPSA) is 61.9 Å². The van der Waals surface area contributed by atoms with E-state index >= 15 is 0 Å². The molecule has 0 radical (unpaired) electrons. The fourth-order valence-corrected chi connectivity index (χ4v) is 4.60. The van der Waals surface area contributed by atoms with Gasteiger partial charge >= 0.3 is 5.97 Å². The number of anilines is 1. The number of hydrogen-bond acceptors (Lipinski definition) is 5. The van der Waals surface area contributed by atoms with Crippen molar-refractivity contribution in [1.29, 1.82) is 0 Å².